The molecule has 1 aromatic rings. The summed E-state index contributed by atoms with van der Waals surface area (Å²) in [7, 11) is 0. The highest BCUT2D eigenvalue weighted by atomic mass is 19.1. The molecule has 2 nitrogen and oxygen atoms in total. The summed E-state index contributed by atoms with van der Waals surface area (Å²) in [5.74, 6) is -0.200. The maximum Gasteiger partial charge on any atom is 0.123 e. The maximum atomic E-state index is 13.0. The molecule has 0 spiro atoms. The van der Waals surface area contributed by atoms with Gasteiger partial charge >= 0.3 is 0 Å². The first kappa shape index (κ1) is 16.1. The van der Waals surface area contributed by atoms with Gasteiger partial charge in [-0.15, -0.1) is 0 Å². The summed E-state index contributed by atoms with van der Waals surface area (Å²) < 4.78 is 13.0. The Morgan fingerprint density at radius 1 is 1.26 bits per heavy atom. The number of aliphatic hydroxyl groups is 1. The zero-order valence-electron chi connectivity index (χ0n) is 12.2. The summed E-state index contributed by atoms with van der Waals surface area (Å²) in [5.41, 5.74) is 0.980. The van der Waals surface area contributed by atoms with Gasteiger partial charge in [-0.25, -0.2) is 4.39 Å². The van der Waals surface area contributed by atoms with E-state index >= 15 is 0 Å². The Kier molecular flexibility index (Phi) is 6.46. The van der Waals surface area contributed by atoms with Gasteiger partial charge in [-0.2, -0.15) is 0 Å². The Balaban J connectivity index is 2.68. The Morgan fingerprint density at radius 2 is 1.89 bits per heavy atom. The summed E-state index contributed by atoms with van der Waals surface area (Å²) in [6.07, 6.45) is 3.31. The predicted octanol–water partition coefficient (Wildman–Crippen LogP) is 3.67. The van der Waals surface area contributed by atoms with Crippen molar-refractivity contribution in [2.45, 2.75) is 46.1 Å². The van der Waals surface area contributed by atoms with Crippen molar-refractivity contribution in [2.75, 3.05) is 13.2 Å². The van der Waals surface area contributed by atoms with Crippen molar-refractivity contribution in [3.05, 3.63) is 35.6 Å². The van der Waals surface area contributed by atoms with E-state index in [2.05, 4.69) is 12.2 Å². The number of nitrogens with one attached hydrogen (secondary N) is 1. The third kappa shape index (κ3) is 5.70. The molecule has 1 rings (SSSR count). The highest BCUT2D eigenvalue weighted by Gasteiger charge is 2.19. The lowest BCUT2D eigenvalue weighted by molar-refractivity contribution is 0.152. The molecule has 1 atom stereocenters. The van der Waals surface area contributed by atoms with Gasteiger partial charge in [0.05, 0.1) is 0 Å². The summed E-state index contributed by atoms with van der Waals surface area (Å²) in [6.45, 7) is 7.13. The third-order valence-corrected chi connectivity index (χ3v) is 3.37. The lowest BCUT2D eigenvalue weighted by atomic mass is 9.93. The van der Waals surface area contributed by atoms with Crippen LogP contribution in [0.4, 0.5) is 4.39 Å². The molecule has 0 saturated heterocycles. The van der Waals surface area contributed by atoms with E-state index in [0.29, 0.717) is 0 Å². The number of halogens is 1. The molecular formula is C16H26FNO. The average Bonchev–Trinajstić information content (AvgIpc) is 2.40. The minimum Gasteiger partial charge on any atom is -0.396 e. The fourth-order valence-corrected chi connectivity index (χ4v) is 1.95. The molecule has 0 amide bonds. The normalized spacial score (nSPS) is 13.5. The second-order valence-corrected chi connectivity index (χ2v) is 5.95. The van der Waals surface area contributed by atoms with Crippen LogP contribution in [0.2, 0.25) is 0 Å². The molecule has 19 heavy (non-hydrogen) atoms. The van der Waals surface area contributed by atoms with Gasteiger partial charge in [0.2, 0.25) is 0 Å². The van der Waals surface area contributed by atoms with Crippen molar-refractivity contribution < 1.29 is 9.50 Å². The van der Waals surface area contributed by atoms with E-state index < -0.39 is 0 Å². The first-order valence-corrected chi connectivity index (χ1v) is 7.08. The van der Waals surface area contributed by atoms with Crippen LogP contribution in [0, 0.1) is 11.2 Å². The number of benzene rings is 1. The Bertz CT molecular complexity index is 362. The van der Waals surface area contributed by atoms with Crippen LogP contribution in [0.15, 0.2) is 24.3 Å². The molecule has 1 aromatic carbocycles. The molecule has 3 heteroatoms. The van der Waals surface area contributed by atoms with Crippen LogP contribution in [0.5, 0.6) is 0 Å². The minimum atomic E-state index is -0.200. The smallest absolute Gasteiger partial charge is 0.123 e. The molecule has 108 valence electrons. The predicted molar refractivity (Wildman–Crippen MR) is 77.5 cm³/mol. The van der Waals surface area contributed by atoms with Crippen LogP contribution in [0.3, 0.4) is 0 Å². The molecule has 0 heterocycles. The van der Waals surface area contributed by atoms with E-state index in [-0.39, 0.29) is 23.9 Å². The highest BCUT2D eigenvalue weighted by molar-refractivity contribution is 5.20. The van der Waals surface area contributed by atoms with Crippen LogP contribution >= 0.6 is 0 Å². The van der Waals surface area contributed by atoms with Crippen LogP contribution in [-0.2, 0) is 0 Å². The largest absolute Gasteiger partial charge is 0.396 e. The van der Waals surface area contributed by atoms with Gasteiger partial charge < -0.3 is 10.4 Å². The van der Waals surface area contributed by atoms with Gasteiger partial charge in [0.1, 0.15) is 5.82 Å². The van der Waals surface area contributed by atoms with Crippen molar-refractivity contribution in [1.82, 2.24) is 5.32 Å². The fourth-order valence-electron chi connectivity index (χ4n) is 1.95. The zero-order chi connectivity index (χ0) is 14.3. The van der Waals surface area contributed by atoms with Crippen LogP contribution in [-0.4, -0.2) is 18.3 Å². The Labute approximate surface area is 116 Å². The summed E-state index contributed by atoms with van der Waals surface area (Å²) in [5, 5.41) is 12.8. The summed E-state index contributed by atoms with van der Waals surface area (Å²) in [4.78, 5) is 0. The summed E-state index contributed by atoms with van der Waals surface area (Å²) >= 11 is 0. The van der Waals surface area contributed by atoms with E-state index in [1.54, 1.807) is 0 Å². The second kappa shape index (κ2) is 7.61. The van der Waals surface area contributed by atoms with Crippen molar-refractivity contribution in [2.24, 2.45) is 5.41 Å². The maximum absolute atomic E-state index is 13.0. The third-order valence-electron chi connectivity index (χ3n) is 3.37. The van der Waals surface area contributed by atoms with Crippen molar-refractivity contribution in [3.8, 4) is 0 Å². The number of hydrogen-bond acceptors (Lipinski definition) is 2. The zero-order valence-corrected chi connectivity index (χ0v) is 12.2. The molecule has 0 fully saturated rings. The number of hydrogen-bond donors (Lipinski definition) is 2. The van der Waals surface area contributed by atoms with Crippen LogP contribution in [0.1, 0.15) is 51.6 Å². The van der Waals surface area contributed by atoms with Gasteiger partial charge in [-0.3, -0.25) is 0 Å². The first-order chi connectivity index (χ1) is 8.98. The molecule has 0 aliphatic carbocycles. The molecule has 0 radical (unpaired) electrons. The molecule has 1 unspecified atom stereocenters. The number of rotatable bonds is 8. The molecule has 0 bridgehead atoms. The van der Waals surface area contributed by atoms with E-state index in [1.165, 1.54) is 12.1 Å². The van der Waals surface area contributed by atoms with Gasteiger partial charge in [-0.05, 0) is 24.1 Å². The highest BCUT2D eigenvalue weighted by Crippen LogP contribution is 2.22. The van der Waals surface area contributed by atoms with Gasteiger partial charge in [-0.1, -0.05) is 45.7 Å². The van der Waals surface area contributed by atoms with Crippen LogP contribution < -0.4 is 5.32 Å². The molecular weight excluding hydrogens is 241 g/mol. The van der Waals surface area contributed by atoms with Crippen molar-refractivity contribution in [3.63, 3.8) is 0 Å². The second-order valence-electron chi connectivity index (χ2n) is 5.95. The standard InChI is InChI=1S/C16H26FNO/c1-4-5-6-15(18-11-16(2,3)12-19)13-7-9-14(17)10-8-13/h7-10,15,18-19H,4-6,11-12H2,1-3H3. The van der Waals surface area contributed by atoms with Gasteiger partial charge in [0.15, 0.2) is 0 Å². The lowest BCUT2D eigenvalue weighted by Crippen LogP contribution is -2.34. The van der Waals surface area contributed by atoms with Gasteiger partial charge in [0, 0.05) is 24.6 Å². The molecule has 0 aliphatic rings. The SMILES string of the molecule is CCCCC(NCC(C)(C)CO)c1ccc(F)cc1. The lowest BCUT2D eigenvalue weighted by Gasteiger charge is -2.27. The Hall–Kier alpha value is -0.930. The first-order valence-electron chi connectivity index (χ1n) is 7.08. The van der Waals surface area contributed by atoms with E-state index in [4.69, 9.17) is 0 Å². The van der Waals surface area contributed by atoms with Gasteiger partial charge in [0.25, 0.3) is 0 Å². The number of aliphatic hydroxyl groups excluding tert-OH is 1. The monoisotopic (exact) mass is 267 g/mol. The van der Waals surface area contributed by atoms with Crippen molar-refractivity contribution in [1.29, 1.82) is 0 Å². The number of unbranched alkanes of at least 4 members (excludes halogenated alkanes) is 1. The van der Waals surface area contributed by atoms with E-state index in [9.17, 15) is 9.50 Å². The van der Waals surface area contributed by atoms with Crippen LogP contribution in [0.25, 0.3) is 0 Å². The molecule has 0 aromatic heterocycles. The minimum absolute atomic E-state index is 0.134. The van der Waals surface area contributed by atoms with Crippen molar-refractivity contribution >= 4 is 0 Å². The molecule has 2 N–H and O–H groups in total. The van der Waals surface area contributed by atoms with E-state index in [0.717, 1.165) is 31.4 Å². The Morgan fingerprint density at radius 3 is 2.42 bits per heavy atom. The topological polar surface area (TPSA) is 32.3 Å². The fraction of sp³-hybridized carbons (Fsp3) is 0.625. The quantitative estimate of drug-likeness (QED) is 0.753. The molecule has 0 saturated carbocycles. The average molecular weight is 267 g/mol. The molecule has 0 aliphatic heterocycles. The van der Waals surface area contributed by atoms with E-state index in [1.807, 2.05) is 26.0 Å². The summed E-state index contributed by atoms with van der Waals surface area (Å²) in [6, 6.07) is 6.93.